The van der Waals surface area contributed by atoms with E-state index in [4.69, 9.17) is 17.3 Å². The van der Waals surface area contributed by atoms with E-state index in [2.05, 4.69) is 5.32 Å². The third-order valence-corrected chi connectivity index (χ3v) is 3.00. The lowest BCUT2D eigenvalue weighted by atomic mass is 10.1. The highest BCUT2D eigenvalue weighted by Crippen LogP contribution is 2.25. The molecule has 1 unspecified atom stereocenters. The number of halogens is 2. The Kier molecular flexibility index (Phi) is 4.18. The van der Waals surface area contributed by atoms with Gasteiger partial charge < -0.3 is 11.1 Å². The maximum Gasteiger partial charge on any atom is 0.147 e. The van der Waals surface area contributed by atoms with E-state index in [1.807, 2.05) is 30.3 Å². The van der Waals surface area contributed by atoms with Gasteiger partial charge in [0, 0.05) is 17.8 Å². The molecule has 0 aliphatic heterocycles. The summed E-state index contributed by atoms with van der Waals surface area (Å²) in [6, 6.07) is 14.2. The number of anilines is 1. The zero-order valence-electron chi connectivity index (χ0n) is 9.74. The number of hydrogen-bond acceptors (Lipinski definition) is 2. The van der Waals surface area contributed by atoms with Crippen molar-refractivity contribution in [2.75, 3.05) is 11.9 Å². The van der Waals surface area contributed by atoms with Gasteiger partial charge in [0.2, 0.25) is 0 Å². The predicted molar refractivity (Wildman–Crippen MR) is 73.3 cm³/mol. The molecule has 0 bridgehead atoms. The highest BCUT2D eigenvalue weighted by molar-refractivity contribution is 6.30. The van der Waals surface area contributed by atoms with Crippen LogP contribution in [0.5, 0.6) is 0 Å². The summed E-state index contributed by atoms with van der Waals surface area (Å²) in [7, 11) is 0. The summed E-state index contributed by atoms with van der Waals surface area (Å²) in [5, 5.41) is 3.30. The second-order valence-electron chi connectivity index (χ2n) is 3.94. The van der Waals surface area contributed by atoms with Gasteiger partial charge in [-0.1, -0.05) is 41.9 Å². The Morgan fingerprint density at radius 2 is 1.83 bits per heavy atom. The molecule has 0 saturated heterocycles. The average molecular weight is 265 g/mol. The van der Waals surface area contributed by atoms with Crippen LogP contribution >= 0.6 is 11.6 Å². The lowest BCUT2D eigenvalue weighted by molar-refractivity contribution is 0.594. The first-order valence-corrected chi connectivity index (χ1v) is 6.05. The van der Waals surface area contributed by atoms with E-state index in [1.165, 1.54) is 6.07 Å². The third kappa shape index (κ3) is 2.81. The zero-order chi connectivity index (χ0) is 13.0. The van der Waals surface area contributed by atoms with E-state index in [-0.39, 0.29) is 17.6 Å². The van der Waals surface area contributed by atoms with Gasteiger partial charge in [0.15, 0.2) is 0 Å². The zero-order valence-corrected chi connectivity index (χ0v) is 10.5. The van der Waals surface area contributed by atoms with E-state index in [9.17, 15) is 4.39 Å². The molecule has 0 aliphatic rings. The van der Waals surface area contributed by atoms with Gasteiger partial charge in [0.25, 0.3) is 0 Å². The van der Waals surface area contributed by atoms with Crippen molar-refractivity contribution in [1.29, 1.82) is 0 Å². The van der Waals surface area contributed by atoms with Crippen LogP contribution in [0, 0.1) is 5.82 Å². The Morgan fingerprint density at radius 1 is 1.11 bits per heavy atom. The van der Waals surface area contributed by atoms with Gasteiger partial charge in [0.1, 0.15) is 5.82 Å². The van der Waals surface area contributed by atoms with E-state index in [0.717, 1.165) is 5.69 Å². The molecule has 0 saturated carbocycles. The van der Waals surface area contributed by atoms with Gasteiger partial charge in [-0.2, -0.15) is 0 Å². The van der Waals surface area contributed by atoms with Gasteiger partial charge in [-0.05, 0) is 18.2 Å². The maximum atomic E-state index is 13.9. The maximum absolute atomic E-state index is 13.9. The molecule has 3 N–H and O–H groups in total. The Labute approximate surface area is 111 Å². The van der Waals surface area contributed by atoms with Crippen LogP contribution in [0.3, 0.4) is 0 Å². The Balaban J connectivity index is 2.26. The quantitative estimate of drug-likeness (QED) is 0.886. The van der Waals surface area contributed by atoms with E-state index < -0.39 is 5.82 Å². The van der Waals surface area contributed by atoms with Crippen LogP contribution in [0.25, 0.3) is 0 Å². The fourth-order valence-electron chi connectivity index (χ4n) is 1.79. The number of hydrogen-bond donors (Lipinski definition) is 2. The summed E-state index contributed by atoms with van der Waals surface area (Å²) in [5.41, 5.74) is 7.08. The highest BCUT2D eigenvalue weighted by atomic mass is 35.5. The summed E-state index contributed by atoms with van der Waals surface area (Å²) in [4.78, 5) is 0. The van der Waals surface area contributed by atoms with E-state index in [0.29, 0.717) is 5.56 Å². The van der Waals surface area contributed by atoms with Crippen molar-refractivity contribution in [2.45, 2.75) is 6.04 Å². The molecule has 0 aromatic heterocycles. The van der Waals surface area contributed by atoms with Crippen molar-refractivity contribution < 1.29 is 4.39 Å². The Bertz CT molecular complexity index is 516. The number of rotatable bonds is 4. The molecule has 2 aromatic carbocycles. The van der Waals surface area contributed by atoms with Crippen molar-refractivity contribution in [1.82, 2.24) is 0 Å². The molecule has 1 atom stereocenters. The third-order valence-electron chi connectivity index (χ3n) is 2.71. The topological polar surface area (TPSA) is 38.0 Å². The molecule has 2 nitrogen and oxygen atoms in total. The molecule has 94 valence electrons. The smallest absolute Gasteiger partial charge is 0.147 e. The van der Waals surface area contributed by atoms with Crippen molar-refractivity contribution in [3.63, 3.8) is 0 Å². The number of nitrogens with two attached hydrogens (primary N) is 1. The summed E-state index contributed by atoms with van der Waals surface area (Å²) in [6.07, 6.45) is 0. The average Bonchev–Trinajstić information content (AvgIpc) is 2.41. The Morgan fingerprint density at radius 3 is 2.50 bits per heavy atom. The first-order chi connectivity index (χ1) is 8.72. The first kappa shape index (κ1) is 12.9. The standard InChI is InChI=1S/C14H14ClFN2/c15-12-8-4-7-11(14(12)16)13(9-17)18-10-5-2-1-3-6-10/h1-8,13,18H,9,17H2. The van der Waals surface area contributed by atoms with Gasteiger partial charge in [-0.25, -0.2) is 4.39 Å². The monoisotopic (exact) mass is 264 g/mol. The molecule has 2 aromatic rings. The normalized spacial score (nSPS) is 12.2. The predicted octanol–water partition coefficient (Wildman–Crippen LogP) is 3.59. The fourth-order valence-corrected chi connectivity index (χ4v) is 1.97. The molecule has 0 amide bonds. The van der Waals surface area contributed by atoms with E-state index >= 15 is 0 Å². The molecule has 0 radical (unpaired) electrons. The van der Waals surface area contributed by atoms with Crippen LogP contribution < -0.4 is 11.1 Å². The summed E-state index contributed by atoms with van der Waals surface area (Å²) in [6.45, 7) is 0.284. The van der Waals surface area contributed by atoms with Gasteiger partial charge >= 0.3 is 0 Å². The molecule has 4 heteroatoms. The van der Waals surface area contributed by atoms with Crippen LogP contribution in [-0.2, 0) is 0 Å². The first-order valence-electron chi connectivity index (χ1n) is 5.68. The minimum Gasteiger partial charge on any atom is -0.377 e. The van der Waals surface area contributed by atoms with Crippen LogP contribution in [0.2, 0.25) is 5.02 Å². The number of para-hydroxylation sites is 1. The van der Waals surface area contributed by atoms with Crippen molar-refractivity contribution in [3.8, 4) is 0 Å². The van der Waals surface area contributed by atoms with Crippen LogP contribution in [0.15, 0.2) is 48.5 Å². The molecule has 0 aliphatic carbocycles. The number of nitrogens with one attached hydrogen (secondary N) is 1. The van der Waals surface area contributed by atoms with Gasteiger partial charge in [0.05, 0.1) is 11.1 Å². The minimum atomic E-state index is -0.418. The number of benzene rings is 2. The fraction of sp³-hybridized carbons (Fsp3) is 0.143. The molecule has 0 heterocycles. The summed E-state index contributed by atoms with van der Waals surface area (Å²) in [5.74, 6) is -0.418. The summed E-state index contributed by atoms with van der Waals surface area (Å²) >= 11 is 5.77. The van der Waals surface area contributed by atoms with Crippen LogP contribution in [0.1, 0.15) is 11.6 Å². The van der Waals surface area contributed by atoms with Crippen molar-refractivity contribution >= 4 is 17.3 Å². The van der Waals surface area contributed by atoms with Crippen LogP contribution in [-0.4, -0.2) is 6.54 Å². The lowest BCUT2D eigenvalue weighted by Gasteiger charge is -2.19. The highest BCUT2D eigenvalue weighted by Gasteiger charge is 2.15. The van der Waals surface area contributed by atoms with Crippen molar-refractivity contribution in [2.24, 2.45) is 5.73 Å². The SMILES string of the molecule is NCC(Nc1ccccc1)c1cccc(Cl)c1F. The summed E-state index contributed by atoms with van der Waals surface area (Å²) < 4.78 is 13.9. The van der Waals surface area contributed by atoms with E-state index in [1.54, 1.807) is 12.1 Å². The second-order valence-corrected chi connectivity index (χ2v) is 4.35. The molecule has 2 rings (SSSR count). The molecule has 0 spiro atoms. The Hall–Kier alpha value is -1.58. The molecular formula is C14H14ClFN2. The lowest BCUT2D eigenvalue weighted by Crippen LogP contribution is -2.21. The van der Waals surface area contributed by atoms with Gasteiger partial charge in [-0.3, -0.25) is 0 Å². The largest absolute Gasteiger partial charge is 0.377 e. The molecular weight excluding hydrogens is 251 g/mol. The van der Waals surface area contributed by atoms with Crippen LogP contribution in [0.4, 0.5) is 10.1 Å². The molecule has 0 fully saturated rings. The van der Waals surface area contributed by atoms with Gasteiger partial charge in [-0.15, -0.1) is 0 Å². The van der Waals surface area contributed by atoms with Crippen molar-refractivity contribution in [3.05, 3.63) is 64.9 Å². The minimum absolute atomic E-state index is 0.112. The second kappa shape index (κ2) is 5.85. The molecule has 18 heavy (non-hydrogen) atoms.